The summed E-state index contributed by atoms with van der Waals surface area (Å²) in [5.41, 5.74) is -0.697. The molecule has 3 saturated heterocycles. The summed E-state index contributed by atoms with van der Waals surface area (Å²) in [6.07, 6.45) is 1.03. The molecule has 0 radical (unpaired) electrons. The molecule has 322 valence electrons. The van der Waals surface area contributed by atoms with E-state index in [-0.39, 0.29) is 87.7 Å². The highest BCUT2D eigenvalue weighted by atomic mass is 19.4. The molecule has 3 aliphatic heterocycles. The molecule has 2 atom stereocenters. The van der Waals surface area contributed by atoms with E-state index >= 15 is 4.39 Å². The highest BCUT2D eigenvalue weighted by Gasteiger charge is 2.47. The van der Waals surface area contributed by atoms with Gasteiger partial charge in [0.1, 0.15) is 40.5 Å². The van der Waals surface area contributed by atoms with Crippen LogP contribution in [-0.4, -0.2) is 108 Å². The number of terminal acetylenes is 1. The number of alkyl halides is 6. The van der Waals surface area contributed by atoms with Crippen molar-refractivity contribution in [3.63, 3.8) is 0 Å². The fraction of sp³-hybridized carbons (Fsp3) is 0.512. The maximum atomic E-state index is 17.1. The zero-order valence-corrected chi connectivity index (χ0v) is 32.7. The molecule has 2 aromatic heterocycles. The number of methoxy groups -OCH3 is 1. The summed E-state index contributed by atoms with van der Waals surface area (Å²) in [5, 5.41) is 16.7. The van der Waals surface area contributed by atoms with Crippen LogP contribution in [0.25, 0.3) is 32.9 Å². The van der Waals surface area contributed by atoms with Crippen molar-refractivity contribution in [3.05, 3.63) is 41.5 Å². The average molecular weight is 850 g/mol. The molecule has 1 aliphatic carbocycles. The van der Waals surface area contributed by atoms with Crippen LogP contribution < -0.4 is 25.0 Å². The van der Waals surface area contributed by atoms with Crippen molar-refractivity contribution in [3.8, 4) is 41.2 Å². The lowest BCUT2D eigenvalue weighted by molar-refractivity contribution is -0.185. The molecule has 2 unspecified atom stereocenters. The summed E-state index contributed by atoms with van der Waals surface area (Å²) in [4.78, 5) is 28.0. The van der Waals surface area contributed by atoms with Crippen LogP contribution in [0.1, 0.15) is 51.0 Å². The molecular formula is C41H43F8N7O4. The number of fused-ring (bicyclic) bond motifs is 4. The van der Waals surface area contributed by atoms with Gasteiger partial charge in [0, 0.05) is 55.0 Å². The number of ether oxygens (including phenoxy) is 2. The number of carbonyl (C=O) groups is 1. The van der Waals surface area contributed by atoms with E-state index in [0.717, 1.165) is 32.6 Å². The molecule has 8 rings (SSSR count). The Morgan fingerprint density at radius 3 is 2.27 bits per heavy atom. The van der Waals surface area contributed by atoms with Gasteiger partial charge in [-0.15, -0.1) is 6.42 Å². The first kappa shape index (κ1) is 42.9. The van der Waals surface area contributed by atoms with Gasteiger partial charge in [-0.2, -0.15) is 36.3 Å². The van der Waals surface area contributed by atoms with Crippen LogP contribution in [0.3, 0.4) is 0 Å². The largest absolute Gasteiger partial charge is 0.508 e. The number of phenols is 1. The molecule has 4 aliphatic rings. The second kappa shape index (κ2) is 16.7. The quantitative estimate of drug-likeness (QED) is 0.121. The van der Waals surface area contributed by atoms with Crippen LogP contribution in [0, 0.1) is 35.3 Å². The SMILES string of the molecule is C#Cc1c(F)ccc2cc(O)cc(-c3nc(OC)c4c(N5CC6CCC(C5)N6)nc(OCC5(CN6CCC(C(F)(F)F)CC6)CC5)nc4c3F)c12.CC(=O)NCC(F)(F)F. The van der Waals surface area contributed by atoms with Gasteiger partial charge in [0.05, 0.1) is 25.2 Å². The number of amides is 1. The molecule has 11 nitrogen and oxygen atoms in total. The van der Waals surface area contributed by atoms with Crippen molar-refractivity contribution in [1.29, 1.82) is 0 Å². The van der Waals surface area contributed by atoms with Gasteiger partial charge >= 0.3 is 18.4 Å². The van der Waals surface area contributed by atoms with Gasteiger partial charge in [-0.25, -0.2) is 13.8 Å². The first-order chi connectivity index (χ1) is 28.4. The van der Waals surface area contributed by atoms with Gasteiger partial charge in [-0.05, 0) is 75.2 Å². The minimum atomic E-state index is -4.30. The van der Waals surface area contributed by atoms with Crippen molar-refractivity contribution in [1.82, 2.24) is 30.5 Å². The standard InChI is InChI=1S/C37H37F5N6O3.C4H6F3NO/c1-3-25-27(38)7-4-20-14-24(49)15-26(28(20)25)31-30(39)32-29(34(44-31)50-2)33(48-16-22-5-6-23(17-48)43-22)46-35(45-32)51-19-36(10-11-36)18-47-12-8-21(9-13-47)37(40,41)42;1-3(9)8-2-4(5,6)7/h1,4,7,14-15,21-23,43,49H,5-6,8-13,16-19H2,2H3;2H2,1H3,(H,8,9). The molecule has 5 heterocycles. The average Bonchev–Trinajstić information content (AvgIpc) is 3.88. The number of piperazine rings is 1. The predicted octanol–water partition coefficient (Wildman–Crippen LogP) is 6.88. The third kappa shape index (κ3) is 9.39. The van der Waals surface area contributed by atoms with Crippen LogP contribution in [0.15, 0.2) is 24.3 Å². The van der Waals surface area contributed by atoms with Crippen molar-refractivity contribution in [2.45, 2.75) is 69.9 Å². The number of piperidine rings is 1. The van der Waals surface area contributed by atoms with Gasteiger partial charge in [0.2, 0.25) is 11.8 Å². The van der Waals surface area contributed by atoms with E-state index in [1.807, 2.05) is 0 Å². The van der Waals surface area contributed by atoms with Gasteiger partial charge in [-0.1, -0.05) is 12.0 Å². The molecule has 19 heteroatoms. The number of phenolic OH excluding ortho intramolecular Hbond substituents is 1. The van der Waals surface area contributed by atoms with Crippen LogP contribution in [-0.2, 0) is 4.79 Å². The Morgan fingerprint density at radius 1 is 1.02 bits per heavy atom. The molecule has 1 saturated carbocycles. The Balaban J connectivity index is 0.000000545. The summed E-state index contributed by atoms with van der Waals surface area (Å²) in [5.74, 6) is -0.899. The zero-order chi connectivity index (χ0) is 43.1. The number of nitrogens with zero attached hydrogens (tertiary/aromatic N) is 5. The summed E-state index contributed by atoms with van der Waals surface area (Å²) in [6.45, 7) is 2.53. The predicted molar refractivity (Wildman–Crippen MR) is 206 cm³/mol. The van der Waals surface area contributed by atoms with Crippen LogP contribution in [0.4, 0.5) is 40.9 Å². The number of carbonyl (C=O) groups excluding carboxylic acids is 1. The summed E-state index contributed by atoms with van der Waals surface area (Å²) < 4.78 is 117. The molecular weight excluding hydrogens is 806 g/mol. The molecule has 0 spiro atoms. The molecule has 4 fully saturated rings. The number of nitrogens with one attached hydrogen (secondary N) is 2. The number of likely N-dealkylation sites (tertiary alicyclic amines) is 1. The van der Waals surface area contributed by atoms with Crippen LogP contribution in [0.2, 0.25) is 0 Å². The lowest BCUT2D eigenvalue weighted by atomic mass is 9.95. The number of halogens is 8. The van der Waals surface area contributed by atoms with E-state index in [2.05, 4.69) is 31.0 Å². The Hall–Kier alpha value is -5.22. The highest BCUT2D eigenvalue weighted by molar-refractivity contribution is 6.04. The normalized spacial score (nSPS) is 20.4. The number of aromatic nitrogens is 3. The zero-order valence-electron chi connectivity index (χ0n) is 32.7. The molecule has 3 N–H and O–H groups in total. The Kier molecular flexibility index (Phi) is 11.9. The van der Waals surface area contributed by atoms with E-state index in [9.17, 15) is 40.6 Å². The Labute approximate surface area is 339 Å². The third-order valence-corrected chi connectivity index (χ3v) is 11.5. The maximum Gasteiger partial charge on any atom is 0.405 e. The third-order valence-electron chi connectivity index (χ3n) is 11.5. The van der Waals surface area contributed by atoms with Crippen molar-refractivity contribution in [2.75, 3.05) is 57.9 Å². The molecule has 2 bridgehead atoms. The second-order valence-electron chi connectivity index (χ2n) is 15.9. The van der Waals surface area contributed by atoms with E-state index in [1.54, 1.807) is 5.32 Å². The molecule has 1 amide bonds. The second-order valence-corrected chi connectivity index (χ2v) is 15.9. The number of hydrogen-bond acceptors (Lipinski definition) is 10. The Morgan fingerprint density at radius 2 is 1.70 bits per heavy atom. The van der Waals surface area contributed by atoms with E-state index in [1.165, 1.54) is 31.4 Å². The van der Waals surface area contributed by atoms with Crippen LogP contribution >= 0.6 is 0 Å². The summed E-state index contributed by atoms with van der Waals surface area (Å²) in [7, 11) is 1.40. The maximum absolute atomic E-state index is 17.1. The van der Waals surface area contributed by atoms with E-state index in [4.69, 9.17) is 20.9 Å². The molecule has 60 heavy (non-hydrogen) atoms. The molecule has 2 aromatic carbocycles. The Bertz CT molecular complexity index is 2290. The monoisotopic (exact) mass is 849 g/mol. The highest BCUT2D eigenvalue weighted by Crippen LogP contribution is 2.48. The number of benzene rings is 2. The van der Waals surface area contributed by atoms with E-state index < -0.39 is 42.4 Å². The first-order valence-corrected chi connectivity index (χ1v) is 19.5. The topological polar surface area (TPSA) is 125 Å². The number of pyridine rings is 1. The number of hydrogen-bond donors (Lipinski definition) is 3. The molecule has 4 aromatic rings. The van der Waals surface area contributed by atoms with Crippen molar-refractivity contribution in [2.24, 2.45) is 11.3 Å². The minimum Gasteiger partial charge on any atom is -0.508 e. The summed E-state index contributed by atoms with van der Waals surface area (Å²) >= 11 is 0. The van der Waals surface area contributed by atoms with Gasteiger partial charge < -0.3 is 35.0 Å². The fourth-order valence-corrected chi connectivity index (χ4v) is 8.31. The van der Waals surface area contributed by atoms with Gasteiger partial charge in [-0.3, -0.25) is 4.79 Å². The number of anilines is 1. The smallest absolute Gasteiger partial charge is 0.405 e. The van der Waals surface area contributed by atoms with Crippen LogP contribution in [0.5, 0.6) is 17.6 Å². The summed E-state index contributed by atoms with van der Waals surface area (Å²) in [6, 6.07) is 5.70. The fourth-order valence-electron chi connectivity index (χ4n) is 8.31. The number of aromatic hydroxyl groups is 1. The lowest BCUT2D eigenvalue weighted by Crippen LogP contribution is -2.51. The number of rotatable bonds is 9. The van der Waals surface area contributed by atoms with Crippen molar-refractivity contribution >= 4 is 33.4 Å². The van der Waals surface area contributed by atoms with Crippen molar-refractivity contribution < 1.29 is 54.5 Å². The lowest BCUT2D eigenvalue weighted by Gasteiger charge is -2.35. The first-order valence-electron chi connectivity index (χ1n) is 19.5. The van der Waals surface area contributed by atoms with Gasteiger partial charge in [0.15, 0.2) is 5.82 Å². The minimum absolute atomic E-state index is 0.0323. The van der Waals surface area contributed by atoms with E-state index in [0.29, 0.717) is 43.9 Å². The van der Waals surface area contributed by atoms with Gasteiger partial charge in [0.25, 0.3) is 0 Å².